The second-order valence-electron chi connectivity index (χ2n) is 6.00. The van der Waals surface area contributed by atoms with Crippen molar-refractivity contribution in [2.24, 2.45) is 0 Å². The largest absolute Gasteiger partial charge is 0.487 e. The highest BCUT2D eigenvalue weighted by Crippen LogP contribution is 2.34. The summed E-state index contributed by atoms with van der Waals surface area (Å²) < 4.78 is 44.0. The zero-order valence-electron chi connectivity index (χ0n) is 13.8. The van der Waals surface area contributed by atoms with Crippen molar-refractivity contribution in [3.05, 3.63) is 41.7 Å². The van der Waals surface area contributed by atoms with Crippen LogP contribution in [0.2, 0.25) is 5.02 Å². The lowest BCUT2D eigenvalue weighted by Gasteiger charge is -2.21. The van der Waals surface area contributed by atoms with E-state index in [1.54, 1.807) is 18.3 Å². The highest BCUT2D eigenvalue weighted by molar-refractivity contribution is 7.89. The van der Waals surface area contributed by atoms with E-state index in [2.05, 4.69) is 4.98 Å². The Bertz CT molecular complexity index is 921. The number of ether oxygens (including phenoxy) is 3. The van der Waals surface area contributed by atoms with Crippen LogP contribution in [0.15, 0.2) is 41.6 Å². The molecule has 0 aliphatic carbocycles. The topological polar surface area (TPSA) is 78.0 Å². The van der Waals surface area contributed by atoms with Crippen LogP contribution in [0.25, 0.3) is 0 Å². The van der Waals surface area contributed by atoms with Gasteiger partial charge >= 0.3 is 0 Å². The van der Waals surface area contributed by atoms with Crippen molar-refractivity contribution < 1.29 is 22.6 Å². The molecule has 0 amide bonds. The van der Waals surface area contributed by atoms with E-state index in [9.17, 15) is 8.42 Å². The van der Waals surface area contributed by atoms with Crippen molar-refractivity contribution in [2.75, 3.05) is 26.3 Å². The van der Waals surface area contributed by atoms with Gasteiger partial charge < -0.3 is 14.2 Å². The Morgan fingerprint density at radius 3 is 2.81 bits per heavy atom. The first kappa shape index (κ1) is 17.4. The Balaban J connectivity index is 1.50. The zero-order chi connectivity index (χ0) is 18.1. The first-order valence-corrected chi connectivity index (χ1v) is 10.0. The van der Waals surface area contributed by atoms with Crippen molar-refractivity contribution in [1.29, 1.82) is 0 Å². The molecule has 9 heteroatoms. The molecule has 0 spiro atoms. The molecule has 138 valence electrons. The van der Waals surface area contributed by atoms with Crippen LogP contribution in [0, 0.1) is 0 Å². The first-order valence-electron chi connectivity index (χ1n) is 8.20. The zero-order valence-corrected chi connectivity index (χ0v) is 15.4. The first-order chi connectivity index (χ1) is 12.5. The van der Waals surface area contributed by atoms with Gasteiger partial charge in [0.25, 0.3) is 0 Å². The van der Waals surface area contributed by atoms with Crippen LogP contribution in [-0.4, -0.2) is 50.1 Å². The number of hydrogen-bond acceptors (Lipinski definition) is 6. The number of fused-ring (bicyclic) bond motifs is 1. The molecule has 0 bridgehead atoms. The van der Waals surface area contributed by atoms with E-state index in [1.807, 2.05) is 0 Å². The van der Waals surface area contributed by atoms with Crippen LogP contribution in [-0.2, 0) is 10.0 Å². The van der Waals surface area contributed by atoms with Gasteiger partial charge in [0.2, 0.25) is 10.0 Å². The molecule has 1 atom stereocenters. The van der Waals surface area contributed by atoms with Gasteiger partial charge in [-0.2, -0.15) is 4.31 Å². The lowest BCUT2D eigenvalue weighted by atomic mass is 10.3. The molecule has 2 aliphatic rings. The number of hydrogen-bond donors (Lipinski definition) is 0. The molecule has 0 N–H and O–H groups in total. The van der Waals surface area contributed by atoms with Crippen LogP contribution >= 0.6 is 11.6 Å². The average molecular weight is 397 g/mol. The van der Waals surface area contributed by atoms with E-state index in [0.717, 1.165) is 0 Å². The summed E-state index contributed by atoms with van der Waals surface area (Å²) in [5, 5.41) is 0.403. The molecule has 3 heterocycles. The number of halogens is 1. The Hall–Kier alpha value is -2.03. The van der Waals surface area contributed by atoms with E-state index in [-0.39, 0.29) is 17.5 Å². The number of aromatic nitrogens is 1. The highest BCUT2D eigenvalue weighted by Gasteiger charge is 2.34. The summed E-state index contributed by atoms with van der Waals surface area (Å²) in [4.78, 5) is 4.09. The fourth-order valence-electron chi connectivity index (χ4n) is 2.98. The molecule has 1 saturated heterocycles. The summed E-state index contributed by atoms with van der Waals surface area (Å²) in [6, 6.07) is 6.34. The molecule has 26 heavy (non-hydrogen) atoms. The third-order valence-electron chi connectivity index (χ3n) is 4.29. The SMILES string of the molecule is O=S(=O)(c1ccc2c(c1)OCCO2)N1CC[C@@H](Oc2ccncc2Cl)C1. The minimum Gasteiger partial charge on any atom is -0.487 e. The van der Waals surface area contributed by atoms with E-state index in [1.165, 1.54) is 22.6 Å². The number of nitrogens with zero attached hydrogens (tertiary/aromatic N) is 2. The monoisotopic (exact) mass is 396 g/mol. The van der Waals surface area contributed by atoms with Crippen molar-refractivity contribution in [3.63, 3.8) is 0 Å². The maximum Gasteiger partial charge on any atom is 0.243 e. The summed E-state index contributed by atoms with van der Waals surface area (Å²) in [5.74, 6) is 1.52. The van der Waals surface area contributed by atoms with Gasteiger partial charge in [0.15, 0.2) is 11.5 Å². The van der Waals surface area contributed by atoms with Gasteiger partial charge in [-0.25, -0.2) is 8.42 Å². The van der Waals surface area contributed by atoms with Gasteiger partial charge in [-0.05, 0) is 18.6 Å². The molecule has 2 aliphatic heterocycles. The van der Waals surface area contributed by atoms with Gasteiger partial charge in [0, 0.05) is 31.1 Å². The Morgan fingerprint density at radius 1 is 1.19 bits per heavy atom. The summed E-state index contributed by atoms with van der Waals surface area (Å²) in [6.45, 7) is 1.50. The normalized spacial score (nSPS) is 20.1. The van der Waals surface area contributed by atoms with Crippen LogP contribution in [0.1, 0.15) is 6.42 Å². The van der Waals surface area contributed by atoms with Crippen molar-refractivity contribution in [2.45, 2.75) is 17.4 Å². The molecule has 0 saturated carbocycles. The van der Waals surface area contributed by atoms with E-state index in [4.69, 9.17) is 25.8 Å². The van der Waals surface area contributed by atoms with Crippen LogP contribution in [0.4, 0.5) is 0 Å². The molecule has 2 aromatic rings. The molecule has 4 rings (SSSR count). The maximum atomic E-state index is 12.9. The minimum absolute atomic E-state index is 0.185. The highest BCUT2D eigenvalue weighted by atomic mass is 35.5. The molecule has 1 aromatic carbocycles. The van der Waals surface area contributed by atoms with Crippen molar-refractivity contribution in [1.82, 2.24) is 9.29 Å². The maximum absolute atomic E-state index is 12.9. The van der Waals surface area contributed by atoms with Crippen molar-refractivity contribution in [3.8, 4) is 17.2 Å². The Morgan fingerprint density at radius 2 is 2.00 bits per heavy atom. The molecule has 0 radical (unpaired) electrons. The molecule has 1 aromatic heterocycles. The molecular formula is C17H17ClN2O5S. The smallest absolute Gasteiger partial charge is 0.243 e. The van der Waals surface area contributed by atoms with Gasteiger partial charge in [0.1, 0.15) is 30.1 Å². The molecular weight excluding hydrogens is 380 g/mol. The predicted molar refractivity (Wildman–Crippen MR) is 94.5 cm³/mol. The van der Waals surface area contributed by atoms with E-state index >= 15 is 0 Å². The minimum atomic E-state index is -3.64. The van der Waals surface area contributed by atoms with Crippen LogP contribution in [0.5, 0.6) is 17.2 Å². The number of pyridine rings is 1. The molecule has 1 fully saturated rings. The standard InChI is InChI=1S/C17H17ClN2O5S/c18-14-10-19-5-3-15(14)25-12-4-6-20(11-12)26(21,22)13-1-2-16-17(9-13)24-8-7-23-16/h1-3,5,9-10,12H,4,6-8,11H2/t12-/m1/s1. The Labute approximate surface area is 156 Å². The fraction of sp³-hybridized carbons (Fsp3) is 0.353. The lowest BCUT2D eigenvalue weighted by Crippen LogP contribution is -2.31. The van der Waals surface area contributed by atoms with Crippen LogP contribution < -0.4 is 14.2 Å². The molecule has 7 nitrogen and oxygen atoms in total. The predicted octanol–water partition coefficient (Wildman–Crippen LogP) is 2.35. The van der Waals surface area contributed by atoms with Gasteiger partial charge in [-0.3, -0.25) is 4.98 Å². The summed E-state index contributed by atoms with van der Waals surface area (Å²) >= 11 is 6.05. The average Bonchev–Trinajstić information content (AvgIpc) is 3.13. The second-order valence-corrected chi connectivity index (χ2v) is 8.35. The summed E-state index contributed by atoms with van der Waals surface area (Å²) in [5.41, 5.74) is 0. The lowest BCUT2D eigenvalue weighted by molar-refractivity contribution is 0.171. The third-order valence-corrected chi connectivity index (χ3v) is 6.43. The quantitative estimate of drug-likeness (QED) is 0.789. The summed E-state index contributed by atoms with van der Waals surface area (Å²) in [6.07, 6.45) is 3.40. The molecule has 0 unspecified atom stereocenters. The van der Waals surface area contributed by atoms with Crippen LogP contribution in [0.3, 0.4) is 0 Å². The second kappa shape index (κ2) is 6.94. The summed E-state index contributed by atoms with van der Waals surface area (Å²) in [7, 11) is -3.64. The Kier molecular flexibility index (Phi) is 4.64. The fourth-order valence-corrected chi connectivity index (χ4v) is 4.65. The van der Waals surface area contributed by atoms with E-state index < -0.39 is 10.0 Å². The van der Waals surface area contributed by atoms with Gasteiger partial charge in [-0.15, -0.1) is 0 Å². The van der Waals surface area contributed by atoms with Crippen molar-refractivity contribution >= 4 is 21.6 Å². The van der Waals surface area contributed by atoms with E-state index in [0.29, 0.717) is 48.5 Å². The third kappa shape index (κ3) is 3.32. The van der Waals surface area contributed by atoms with Gasteiger partial charge in [0.05, 0.1) is 11.4 Å². The number of sulfonamides is 1. The van der Waals surface area contributed by atoms with Gasteiger partial charge in [-0.1, -0.05) is 11.6 Å². The number of benzene rings is 1. The number of rotatable bonds is 4.